The Bertz CT molecular complexity index is 1220. The molecule has 0 bridgehead atoms. The number of ether oxygens (including phenoxy) is 3. The number of nitrogens with zero attached hydrogens (tertiary/aromatic N) is 5. The normalized spacial score (nSPS) is 18.6. The maximum Gasteiger partial charge on any atom is 0.252 e. The van der Waals surface area contributed by atoms with Crippen molar-refractivity contribution < 1.29 is 19.3 Å². The van der Waals surface area contributed by atoms with Crippen molar-refractivity contribution in [1.29, 1.82) is 0 Å². The third-order valence-electron chi connectivity index (χ3n) is 6.59. The summed E-state index contributed by atoms with van der Waals surface area (Å²) >= 11 is 0. The first-order valence-electron chi connectivity index (χ1n) is 12.2. The molecule has 2 aromatic heterocycles. The van der Waals surface area contributed by atoms with Crippen molar-refractivity contribution in [3.8, 4) is 11.5 Å². The van der Waals surface area contributed by atoms with Crippen LogP contribution in [0.4, 0.5) is 0 Å². The molecule has 11 heteroatoms. The van der Waals surface area contributed by atoms with Gasteiger partial charge in [0, 0.05) is 36.7 Å². The summed E-state index contributed by atoms with van der Waals surface area (Å²) in [5.74, 6) is 2.14. The second kappa shape index (κ2) is 10.3. The number of nitrogens with one attached hydrogen (secondary N) is 1. The Labute approximate surface area is 203 Å². The molecule has 11 nitrogen and oxygen atoms in total. The average molecular weight is 485 g/mol. The van der Waals surface area contributed by atoms with Gasteiger partial charge in [0.1, 0.15) is 13.2 Å². The minimum absolute atomic E-state index is 0.0549. The van der Waals surface area contributed by atoms with Crippen molar-refractivity contribution in [2.24, 2.45) is 5.92 Å². The highest BCUT2D eigenvalue weighted by Gasteiger charge is 2.31. The number of tetrazole rings is 1. The fourth-order valence-electron chi connectivity index (χ4n) is 4.99. The summed E-state index contributed by atoms with van der Waals surface area (Å²) in [4.78, 5) is 18.1. The van der Waals surface area contributed by atoms with Crippen LogP contribution < -0.4 is 15.0 Å². The van der Waals surface area contributed by atoms with Gasteiger partial charge in [-0.3, -0.25) is 9.69 Å². The van der Waals surface area contributed by atoms with Crippen LogP contribution in [-0.4, -0.2) is 74.3 Å². The lowest BCUT2D eigenvalue weighted by atomic mass is 10.00. The van der Waals surface area contributed by atoms with Crippen LogP contribution in [0.5, 0.6) is 11.5 Å². The summed E-state index contributed by atoms with van der Waals surface area (Å²) in [6.07, 6.45) is 2.12. The number of aliphatic hydroxyl groups is 1. The largest absolute Gasteiger partial charge is 0.486 e. The molecule has 0 unspecified atom stereocenters. The smallest absolute Gasteiger partial charge is 0.252 e. The summed E-state index contributed by atoms with van der Waals surface area (Å²) in [6.45, 7) is 7.16. The van der Waals surface area contributed by atoms with Gasteiger partial charge in [0.15, 0.2) is 17.3 Å². The standard InChI is InChI=1S/C24H32N6O5/c1-15(2)22(23-26-27-28-30(23)14-18-4-3-7-33-18)29(5-6-31)13-17-10-16-11-20-21(35-9-8-34-20)12-19(16)25-24(17)32/h10-12,15,18,22,31H,3-9,13-14H2,1-2H3,(H,25,32)/t18-,22-/m0/s1. The molecular formula is C24H32N6O5. The summed E-state index contributed by atoms with van der Waals surface area (Å²) in [5.41, 5.74) is 1.10. The number of hydrogen-bond donors (Lipinski definition) is 2. The van der Waals surface area contributed by atoms with E-state index < -0.39 is 0 Å². The van der Waals surface area contributed by atoms with Crippen molar-refractivity contribution in [2.45, 2.75) is 51.9 Å². The van der Waals surface area contributed by atoms with Crippen molar-refractivity contribution in [2.75, 3.05) is 33.0 Å². The van der Waals surface area contributed by atoms with Gasteiger partial charge in [-0.15, -0.1) is 5.10 Å². The van der Waals surface area contributed by atoms with Crippen LogP contribution in [0.3, 0.4) is 0 Å². The molecule has 1 aromatic carbocycles. The molecule has 0 spiro atoms. The molecule has 35 heavy (non-hydrogen) atoms. The zero-order valence-corrected chi connectivity index (χ0v) is 20.1. The fraction of sp³-hybridized carbons (Fsp3) is 0.583. The molecule has 4 heterocycles. The van der Waals surface area contributed by atoms with Gasteiger partial charge in [0.25, 0.3) is 5.56 Å². The highest BCUT2D eigenvalue weighted by atomic mass is 16.6. The van der Waals surface area contributed by atoms with Gasteiger partial charge in [-0.1, -0.05) is 13.8 Å². The number of aromatic amines is 1. The SMILES string of the molecule is CC(C)[C@@H](c1nnnn1C[C@@H]1CCCO1)N(CCO)Cc1cc2cc3c(cc2[nH]c1=O)OCCO3. The molecule has 2 aliphatic rings. The molecule has 188 valence electrons. The molecule has 3 aromatic rings. The van der Waals surface area contributed by atoms with Crippen molar-refractivity contribution >= 4 is 10.9 Å². The fourth-order valence-corrected chi connectivity index (χ4v) is 4.99. The molecule has 0 aliphatic carbocycles. The summed E-state index contributed by atoms with van der Waals surface area (Å²) in [6, 6.07) is 5.37. The van der Waals surface area contributed by atoms with E-state index in [1.807, 2.05) is 12.1 Å². The van der Waals surface area contributed by atoms with Crippen molar-refractivity contribution in [3.05, 3.63) is 39.9 Å². The second-order valence-corrected chi connectivity index (χ2v) is 9.44. The summed E-state index contributed by atoms with van der Waals surface area (Å²) in [7, 11) is 0. The van der Waals surface area contributed by atoms with Crippen LogP contribution in [0.25, 0.3) is 10.9 Å². The molecule has 0 amide bonds. The van der Waals surface area contributed by atoms with Crippen LogP contribution in [-0.2, 0) is 17.8 Å². The lowest BCUT2D eigenvalue weighted by Gasteiger charge is -2.33. The first kappa shape index (κ1) is 23.7. The Hall–Kier alpha value is -3.02. The van der Waals surface area contributed by atoms with Gasteiger partial charge in [-0.05, 0) is 41.3 Å². The Morgan fingerprint density at radius 3 is 2.71 bits per heavy atom. The predicted octanol–water partition coefficient (Wildman–Crippen LogP) is 1.66. The van der Waals surface area contributed by atoms with E-state index in [0.29, 0.717) is 61.3 Å². The van der Waals surface area contributed by atoms with E-state index in [1.54, 1.807) is 10.7 Å². The van der Waals surface area contributed by atoms with Crippen LogP contribution in [0.1, 0.15) is 44.1 Å². The van der Waals surface area contributed by atoms with E-state index in [-0.39, 0.29) is 30.2 Å². The number of benzene rings is 1. The number of aliphatic hydroxyl groups excluding tert-OH is 1. The van der Waals surface area contributed by atoms with E-state index in [4.69, 9.17) is 14.2 Å². The lowest BCUT2D eigenvalue weighted by Crippen LogP contribution is -2.37. The first-order valence-corrected chi connectivity index (χ1v) is 12.2. The lowest BCUT2D eigenvalue weighted by molar-refractivity contribution is 0.0819. The zero-order chi connectivity index (χ0) is 24.4. The Morgan fingerprint density at radius 1 is 1.20 bits per heavy atom. The van der Waals surface area contributed by atoms with Crippen LogP contribution in [0, 0.1) is 5.92 Å². The van der Waals surface area contributed by atoms with Crippen LogP contribution in [0.2, 0.25) is 0 Å². The van der Waals surface area contributed by atoms with Crippen LogP contribution in [0.15, 0.2) is 23.0 Å². The summed E-state index contributed by atoms with van der Waals surface area (Å²) in [5, 5.41) is 23.3. The highest BCUT2D eigenvalue weighted by molar-refractivity contribution is 5.83. The molecular weight excluding hydrogens is 452 g/mol. The molecule has 1 saturated heterocycles. The third-order valence-corrected chi connectivity index (χ3v) is 6.59. The quantitative estimate of drug-likeness (QED) is 0.466. The van der Waals surface area contributed by atoms with Crippen molar-refractivity contribution in [1.82, 2.24) is 30.1 Å². The molecule has 0 saturated carbocycles. The number of hydrogen-bond acceptors (Lipinski definition) is 9. The molecule has 2 atom stereocenters. The average Bonchev–Trinajstić information content (AvgIpc) is 3.51. The highest BCUT2D eigenvalue weighted by Crippen LogP contribution is 2.34. The molecule has 2 aliphatic heterocycles. The van der Waals surface area contributed by atoms with E-state index >= 15 is 0 Å². The maximum atomic E-state index is 13.0. The number of rotatable bonds is 9. The number of H-pyrrole nitrogens is 1. The van der Waals surface area contributed by atoms with Gasteiger partial charge >= 0.3 is 0 Å². The molecule has 0 radical (unpaired) electrons. The van der Waals surface area contributed by atoms with Crippen molar-refractivity contribution in [3.63, 3.8) is 0 Å². The second-order valence-electron chi connectivity index (χ2n) is 9.44. The molecule has 2 N–H and O–H groups in total. The minimum Gasteiger partial charge on any atom is -0.486 e. The van der Waals surface area contributed by atoms with Crippen LogP contribution >= 0.6 is 0 Å². The Kier molecular flexibility index (Phi) is 6.98. The van der Waals surface area contributed by atoms with Gasteiger partial charge in [0.2, 0.25) is 0 Å². The Morgan fingerprint density at radius 2 is 2.00 bits per heavy atom. The topological polar surface area (TPSA) is 128 Å². The monoisotopic (exact) mass is 484 g/mol. The Balaban J connectivity index is 1.46. The van der Waals surface area contributed by atoms with Gasteiger partial charge < -0.3 is 24.3 Å². The summed E-state index contributed by atoms with van der Waals surface area (Å²) < 4.78 is 18.9. The number of pyridine rings is 1. The number of aromatic nitrogens is 5. The number of fused-ring (bicyclic) bond motifs is 2. The predicted molar refractivity (Wildman–Crippen MR) is 127 cm³/mol. The van der Waals surface area contributed by atoms with E-state index in [2.05, 4.69) is 39.3 Å². The molecule has 5 rings (SSSR count). The first-order chi connectivity index (χ1) is 17.0. The van der Waals surface area contributed by atoms with Gasteiger partial charge in [-0.25, -0.2) is 4.68 Å². The van der Waals surface area contributed by atoms with Gasteiger partial charge in [0.05, 0.1) is 30.8 Å². The van der Waals surface area contributed by atoms with E-state index in [1.165, 1.54) is 0 Å². The van der Waals surface area contributed by atoms with Gasteiger partial charge in [-0.2, -0.15) is 0 Å². The third kappa shape index (κ3) is 5.02. The maximum absolute atomic E-state index is 13.0. The van der Waals surface area contributed by atoms with E-state index in [9.17, 15) is 9.90 Å². The zero-order valence-electron chi connectivity index (χ0n) is 20.1. The minimum atomic E-state index is -0.200. The van der Waals surface area contributed by atoms with E-state index in [0.717, 1.165) is 24.8 Å². The molecule has 1 fully saturated rings.